The van der Waals surface area contributed by atoms with Crippen molar-refractivity contribution < 1.29 is 4.79 Å². The molecule has 1 aliphatic heterocycles. The number of amides is 1. The number of nitrogens with zero attached hydrogens (tertiary/aromatic N) is 1. The van der Waals surface area contributed by atoms with Gasteiger partial charge in [-0.1, -0.05) is 6.92 Å². The molecule has 0 bridgehead atoms. The van der Waals surface area contributed by atoms with Gasteiger partial charge in [-0.25, -0.2) is 0 Å². The molecular formula is C8H16N2O. The number of hydrogen-bond acceptors (Lipinski definition) is 2. The van der Waals surface area contributed by atoms with Crippen LogP contribution in [0.1, 0.15) is 26.2 Å². The van der Waals surface area contributed by atoms with Crippen LogP contribution in [0, 0.1) is 0 Å². The molecule has 1 rings (SSSR count). The van der Waals surface area contributed by atoms with E-state index < -0.39 is 0 Å². The molecule has 1 unspecified atom stereocenters. The standard InChI is InChI=1S/C8H16N2O/c1-2-5-9-8-4-3-6-10(8)7-11/h7-9H,2-6H2,1H3. The zero-order valence-electron chi connectivity index (χ0n) is 7.05. The van der Waals surface area contributed by atoms with Gasteiger partial charge < -0.3 is 4.90 Å². The molecule has 0 saturated carbocycles. The van der Waals surface area contributed by atoms with E-state index in [4.69, 9.17) is 0 Å². The summed E-state index contributed by atoms with van der Waals surface area (Å²) in [5.41, 5.74) is 0. The van der Waals surface area contributed by atoms with Crippen molar-refractivity contribution in [1.82, 2.24) is 10.2 Å². The second-order valence-corrected chi connectivity index (χ2v) is 2.96. The summed E-state index contributed by atoms with van der Waals surface area (Å²) < 4.78 is 0. The monoisotopic (exact) mass is 156 g/mol. The van der Waals surface area contributed by atoms with Crippen LogP contribution in [0.5, 0.6) is 0 Å². The third kappa shape index (κ3) is 2.19. The maximum atomic E-state index is 10.5. The first kappa shape index (κ1) is 8.53. The predicted octanol–water partition coefficient (Wildman–Crippen LogP) is 0.564. The van der Waals surface area contributed by atoms with Crippen molar-refractivity contribution in [1.29, 1.82) is 0 Å². The molecule has 0 aromatic rings. The molecule has 0 aliphatic carbocycles. The first-order chi connectivity index (χ1) is 5.38. The molecular weight excluding hydrogens is 140 g/mol. The Morgan fingerprint density at radius 1 is 1.73 bits per heavy atom. The van der Waals surface area contributed by atoms with E-state index in [1.807, 2.05) is 4.90 Å². The molecule has 1 fully saturated rings. The highest BCUT2D eigenvalue weighted by Crippen LogP contribution is 2.11. The van der Waals surface area contributed by atoms with E-state index in [0.29, 0.717) is 6.17 Å². The van der Waals surface area contributed by atoms with Crippen molar-refractivity contribution in [3.05, 3.63) is 0 Å². The Kier molecular flexibility index (Phi) is 3.36. The highest BCUT2D eigenvalue weighted by Gasteiger charge is 2.21. The molecule has 64 valence electrons. The Labute approximate surface area is 67.8 Å². The maximum absolute atomic E-state index is 10.5. The normalized spacial score (nSPS) is 24.1. The van der Waals surface area contributed by atoms with Crippen LogP contribution in [0.3, 0.4) is 0 Å². The molecule has 3 nitrogen and oxygen atoms in total. The summed E-state index contributed by atoms with van der Waals surface area (Å²) in [7, 11) is 0. The molecule has 1 saturated heterocycles. The van der Waals surface area contributed by atoms with E-state index in [1.54, 1.807) is 0 Å². The summed E-state index contributed by atoms with van der Waals surface area (Å²) in [6.45, 7) is 4.06. The Bertz CT molecular complexity index is 127. The summed E-state index contributed by atoms with van der Waals surface area (Å²) >= 11 is 0. The zero-order valence-corrected chi connectivity index (χ0v) is 7.05. The fraction of sp³-hybridized carbons (Fsp3) is 0.875. The van der Waals surface area contributed by atoms with Crippen LogP contribution in [-0.2, 0) is 4.79 Å². The SMILES string of the molecule is CCCNC1CCCN1C=O. The van der Waals surface area contributed by atoms with Gasteiger partial charge in [-0.2, -0.15) is 0 Å². The van der Waals surface area contributed by atoms with Crippen molar-refractivity contribution in [2.45, 2.75) is 32.4 Å². The lowest BCUT2D eigenvalue weighted by molar-refractivity contribution is -0.119. The molecule has 1 heterocycles. The van der Waals surface area contributed by atoms with Gasteiger partial charge in [0.15, 0.2) is 0 Å². The minimum atomic E-state index is 0.312. The molecule has 0 spiro atoms. The minimum Gasteiger partial charge on any atom is -0.330 e. The third-order valence-corrected chi connectivity index (χ3v) is 2.06. The average Bonchev–Trinajstić information content (AvgIpc) is 2.47. The molecule has 0 radical (unpaired) electrons. The summed E-state index contributed by atoms with van der Waals surface area (Å²) in [6.07, 6.45) is 4.63. The fourth-order valence-electron chi connectivity index (χ4n) is 1.45. The van der Waals surface area contributed by atoms with E-state index in [9.17, 15) is 4.79 Å². The van der Waals surface area contributed by atoms with Gasteiger partial charge in [-0.3, -0.25) is 10.1 Å². The van der Waals surface area contributed by atoms with Crippen molar-refractivity contribution in [2.75, 3.05) is 13.1 Å². The van der Waals surface area contributed by atoms with Gasteiger partial charge in [0.25, 0.3) is 0 Å². The lowest BCUT2D eigenvalue weighted by atomic mass is 10.3. The molecule has 0 aromatic heterocycles. The van der Waals surface area contributed by atoms with Gasteiger partial charge in [0.2, 0.25) is 6.41 Å². The predicted molar refractivity (Wildman–Crippen MR) is 44.1 cm³/mol. The number of hydrogen-bond donors (Lipinski definition) is 1. The van der Waals surface area contributed by atoms with Crippen LogP contribution in [0.4, 0.5) is 0 Å². The van der Waals surface area contributed by atoms with E-state index in [0.717, 1.165) is 38.8 Å². The zero-order chi connectivity index (χ0) is 8.10. The third-order valence-electron chi connectivity index (χ3n) is 2.06. The van der Waals surface area contributed by atoms with Crippen LogP contribution >= 0.6 is 0 Å². The highest BCUT2D eigenvalue weighted by atomic mass is 16.1. The number of carbonyl (C=O) groups is 1. The van der Waals surface area contributed by atoms with Gasteiger partial charge in [-0.15, -0.1) is 0 Å². The van der Waals surface area contributed by atoms with E-state index in [-0.39, 0.29) is 0 Å². The van der Waals surface area contributed by atoms with Crippen molar-refractivity contribution >= 4 is 6.41 Å². The van der Waals surface area contributed by atoms with Crippen LogP contribution in [0.15, 0.2) is 0 Å². The molecule has 0 aromatic carbocycles. The van der Waals surface area contributed by atoms with Gasteiger partial charge in [0.1, 0.15) is 0 Å². The van der Waals surface area contributed by atoms with Crippen LogP contribution in [0.25, 0.3) is 0 Å². The molecule has 1 amide bonds. The van der Waals surface area contributed by atoms with E-state index in [1.165, 1.54) is 0 Å². The molecule has 1 N–H and O–H groups in total. The number of rotatable bonds is 4. The first-order valence-electron chi connectivity index (χ1n) is 4.33. The van der Waals surface area contributed by atoms with Crippen molar-refractivity contribution in [3.63, 3.8) is 0 Å². The number of nitrogens with one attached hydrogen (secondary N) is 1. The molecule has 11 heavy (non-hydrogen) atoms. The lowest BCUT2D eigenvalue weighted by Gasteiger charge is -2.20. The fourth-order valence-corrected chi connectivity index (χ4v) is 1.45. The summed E-state index contributed by atoms with van der Waals surface area (Å²) in [4.78, 5) is 12.3. The van der Waals surface area contributed by atoms with Crippen LogP contribution < -0.4 is 5.32 Å². The molecule has 1 aliphatic rings. The number of likely N-dealkylation sites (tertiary alicyclic amines) is 1. The topological polar surface area (TPSA) is 32.3 Å². The van der Waals surface area contributed by atoms with E-state index >= 15 is 0 Å². The van der Waals surface area contributed by atoms with Crippen molar-refractivity contribution in [2.24, 2.45) is 0 Å². The van der Waals surface area contributed by atoms with Gasteiger partial charge >= 0.3 is 0 Å². The first-order valence-corrected chi connectivity index (χ1v) is 4.33. The second-order valence-electron chi connectivity index (χ2n) is 2.96. The largest absolute Gasteiger partial charge is 0.330 e. The minimum absolute atomic E-state index is 0.312. The maximum Gasteiger partial charge on any atom is 0.210 e. The Morgan fingerprint density at radius 2 is 2.55 bits per heavy atom. The Morgan fingerprint density at radius 3 is 3.18 bits per heavy atom. The van der Waals surface area contributed by atoms with Crippen LogP contribution in [0.2, 0.25) is 0 Å². The molecule has 1 atom stereocenters. The molecule has 3 heteroatoms. The van der Waals surface area contributed by atoms with Gasteiger partial charge in [0.05, 0.1) is 6.17 Å². The second kappa shape index (κ2) is 4.34. The number of carbonyl (C=O) groups excluding carboxylic acids is 1. The van der Waals surface area contributed by atoms with Crippen LogP contribution in [-0.4, -0.2) is 30.6 Å². The summed E-state index contributed by atoms with van der Waals surface area (Å²) in [5.74, 6) is 0. The van der Waals surface area contributed by atoms with Crippen molar-refractivity contribution in [3.8, 4) is 0 Å². The average molecular weight is 156 g/mol. The highest BCUT2D eigenvalue weighted by molar-refractivity contribution is 5.48. The smallest absolute Gasteiger partial charge is 0.210 e. The Hall–Kier alpha value is -0.570. The van der Waals surface area contributed by atoms with Gasteiger partial charge in [0, 0.05) is 6.54 Å². The van der Waals surface area contributed by atoms with E-state index in [2.05, 4.69) is 12.2 Å². The Balaban J connectivity index is 2.25. The lowest BCUT2D eigenvalue weighted by Crippen LogP contribution is -2.40. The summed E-state index contributed by atoms with van der Waals surface area (Å²) in [6, 6.07) is 0. The van der Waals surface area contributed by atoms with Gasteiger partial charge in [-0.05, 0) is 25.8 Å². The quantitative estimate of drug-likeness (QED) is 0.603. The summed E-state index contributed by atoms with van der Waals surface area (Å²) in [5, 5.41) is 3.33.